The van der Waals surface area contributed by atoms with Crippen molar-refractivity contribution in [3.63, 3.8) is 0 Å². The van der Waals surface area contributed by atoms with Gasteiger partial charge in [-0.05, 0) is 37.1 Å². The van der Waals surface area contributed by atoms with Gasteiger partial charge in [-0.1, -0.05) is 0 Å². The van der Waals surface area contributed by atoms with E-state index in [1.54, 1.807) is 13.2 Å². The molecule has 0 saturated heterocycles. The van der Waals surface area contributed by atoms with Crippen molar-refractivity contribution in [2.75, 3.05) is 14.2 Å². The molecule has 1 atom stereocenters. The lowest BCUT2D eigenvalue weighted by Crippen LogP contribution is -2.46. The summed E-state index contributed by atoms with van der Waals surface area (Å²) in [5.41, 5.74) is 6.20. The number of aryl methyl sites for hydroxylation is 1. The second-order valence-corrected chi connectivity index (χ2v) is 4.53. The normalized spacial score (nSPS) is 13.8. The minimum Gasteiger partial charge on any atom is -0.493 e. The van der Waals surface area contributed by atoms with E-state index in [0.29, 0.717) is 11.5 Å². The fourth-order valence-corrected chi connectivity index (χ4v) is 1.68. The number of benzene rings is 1. The van der Waals surface area contributed by atoms with Gasteiger partial charge >= 0.3 is 5.97 Å². The number of hydrogen-bond donors (Lipinski definition) is 2. The average molecular weight is 253 g/mol. The molecule has 0 radical (unpaired) electrons. The van der Waals surface area contributed by atoms with E-state index in [0.717, 1.165) is 11.1 Å². The van der Waals surface area contributed by atoms with Gasteiger partial charge in [0.1, 0.15) is 5.54 Å². The lowest BCUT2D eigenvalue weighted by Gasteiger charge is -2.21. The quantitative estimate of drug-likeness (QED) is 0.828. The third-order valence-corrected chi connectivity index (χ3v) is 2.89. The molecule has 3 N–H and O–H groups in total. The fraction of sp³-hybridized carbons (Fsp3) is 0.462. The van der Waals surface area contributed by atoms with Gasteiger partial charge in [-0.3, -0.25) is 4.79 Å². The van der Waals surface area contributed by atoms with E-state index in [9.17, 15) is 4.79 Å². The standard InChI is InChI=1S/C13H19NO4/c1-8-5-10(17-3)11(18-4)6-9(8)7-13(2,14)12(15)16/h5-6H,7,14H2,1-4H3,(H,15,16)/t13-/m0/s1. The molecule has 100 valence electrons. The summed E-state index contributed by atoms with van der Waals surface area (Å²) >= 11 is 0. The predicted molar refractivity (Wildman–Crippen MR) is 68.2 cm³/mol. The molecule has 0 spiro atoms. The summed E-state index contributed by atoms with van der Waals surface area (Å²) in [7, 11) is 3.09. The van der Waals surface area contributed by atoms with E-state index in [1.165, 1.54) is 14.0 Å². The van der Waals surface area contributed by atoms with E-state index in [2.05, 4.69) is 0 Å². The topological polar surface area (TPSA) is 81.8 Å². The number of nitrogens with two attached hydrogens (primary N) is 1. The minimum atomic E-state index is -1.30. The number of rotatable bonds is 5. The van der Waals surface area contributed by atoms with E-state index >= 15 is 0 Å². The molecule has 0 unspecified atom stereocenters. The molecule has 1 aromatic carbocycles. The summed E-state index contributed by atoms with van der Waals surface area (Å²) in [6, 6.07) is 3.58. The highest BCUT2D eigenvalue weighted by Crippen LogP contribution is 2.31. The van der Waals surface area contributed by atoms with Gasteiger partial charge in [0.15, 0.2) is 11.5 Å². The molecule has 0 fully saturated rings. The highest BCUT2D eigenvalue weighted by Gasteiger charge is 2.29. The monoisotopic (exact) mass is 253 g/mol. The van der Waals surface area contributed by atoms with Gasteiger partial charge in [0.25, 0.3) is 0 Å². The Kier molecular flexibility index (Phi) is 4.19. The van der Waals surface area contributed by atoms with Crippen LogP contribution in [0.4, 0.5) is 0 Å². The van der Waals surface area contributed by atoms with Gasteiger partial charge in [0, 0.05) is 6.42 Å². The first-order chi connectivity index (χ1) is 8.31. The Hall–Kier alpha value is -1.75. The summed E-state index contributed by atoms with van der Waals surface area (Å²) in [4.78, 5) is 11.0. The summed E-state index contributed by atoms with van der Waals surface area (Å²) in [5, 5.41) is 9.04. The molecule has 0 aliphatic heterocycles. The summed E-state index contributed by atoms with van der Waals surface area (Å²) < 4.78 is 10.4. The van der Waals surface area contributed by atoms with Crippen LogP contribution in [0.5, 0.6) is 11.5 Å². The van der Waals surface area contributed by atoms with Crippen molar-refractivity contribution in [3.8, 4) is 11.5 Å². The molecule has 0 amide bonds. The first-order valence-electron chi connectivity index (χ1n) is 5.55. The zero-order chi connectivity index (χ0) is 13.9. The molecule has 0 bridgehead atoms. The molecule has 0 heterocycles. The zero-order valence-electron chi connectivity index (χ0n) is 11.1. The summed E-state index contributed by atoms with van der Waals surface area (Å²) in [5.74, 6) is 0.156. The average Bonchev–Trinajstić information content (AvgIpc) is 2.30. The molecule has 0 aromatic heterocycles. The second-order valence-electron chi connectivity index (χ2n) is 4.53. The van der Waals surface area contributed by atoms with Crippen LogP contribution in [0.1, 0.15) is 18.1 Å². The van der Waals surface area contributed by atoms with Gasteiger partial charge in [0.05, 0.1) is 14.2 Å². The van der Waals surface area contributed by atoms with Crippen molar-refractivity contribution in [2.45, 2.75) is 25.8 Å². The summed E-state index contributed by atoms with van der Waals surface area (Å²) in [6.45, 7) is 3.38. The Balaban J connectivity index is 3.14. The van der Waals surface area contributed by atoms with Crippen molar-refractivity contribution in [2.24, 2.45) is 5.73 Å². The largest absolute Gasteiger partial charge is 0.493 e. The molecule has 1 aromatic rings. The maximum atomic E-state index is 11.0. The number of carboxylic acid groups (broad SMARTS) is 1. The molecule has 5 heteroatoms. The highest BCUT2D eigenvalue weighted by molar-refractivity contribution is 5.78. The van der Waals surface area contributed by atoms with E-state index in [-0.39, 0.29) is 6.42 Å². The number of aliphatic carboxylic acids is 1. The number of carbonyl (C=O) groups is 1. The molecular formula is C13H19NO4. The Morgan fingerprint density at radius 1 is 1.33 bits per heavy atom. The van der Waals surface area contributed by atoms with Crippen LogP contribution in [0, 0.1) is 6.92 Å². The van der Waals surface area contributed by atoms with Gasteiger partial charge in [0.2, 0.25) is 0 Å². The van der Waals surface area contributed by atoms with Crippen molar-refractivity contribution < 1.29 is 19.4 Å². The van der Waals surface area contributed by atoms with Gasteiger partial charge in [-0.15, -0.1) is 0 Å². The lowest BCUT2D eigenvalue weighted by molar-refractivity contribution is -0.142. The van der Waals surface area contributed by atoms with E-state index in [1.807, 2.05) is 13.0 Å². The Morgan fingerprint density at radius 2 is 1.83 bits per heavy atom. The van der Waals surface area contributed by atoms with Crippen LogP contribution >= 0.6 is 0 Å². The van der Waals surface area contributed by atoms with Gasteiger partial charge in [-0.25, -0.2) is 0 Å². The van der Waals surface area contributed by atoms with Crippen LogP contribution in [0.25, 0.3) is 0 Å². The number of ether oxygens (including phenoxy) is 2. The number of hydrogen-bond acceptors (Lipinski definition) is 4. The molecule has 0 saturated carbocycles. The van der Waals surface area contributed by atoms with Crippen LogP contribution in [0.2, 0.25) is 0 Å². The van der Waals surface area contributed by atoms with Crippen LogP contribution in [0.3, 0.4) is 0 Å². The predicted octanol–water partition coefficient (Wildman–Crippen LogP) is 1.36. The zero-order valence-corrected chi connectivity index (χ0v) is 11.1. The summed E-state index contributed by atoms with van der Waals surface area (Å²) in [6.07, 6.45) is 0.231. The van der Waals surface area contributed by atoms with Crippen LogP contribution in [-0.4, -0.2) is 30.8 Å². The Labute approximate surface area is 107 Å². The Bertz CT molecular complexity index is 455. The van der Waals surface area contributed by atoms with E-state index < -0.39 is 11.5 Å². The van der Waals surface area contributed by atoms with Crippen LogP contribution in [-0.2, 0) is 11.2 Å². The number of methoxy groups -OCH3 is 2. The van der Waals surface area contributed by atoms with Crippen molar-refractivity contribution in [1.29, 1.82) is 0 Å². The molecule has 0 aliphatic rings. The van der Waals surface area contributed by atoms with Crippen LogP contribution in [0.15, 0.2) is 12.1 Å². The lowest BCUT2D eigenvalue weighted by atomic mass is 9.91. The van der Waals surface area contributed by atoms with Gasteiger partial charge in [-0.2, -0.15) is 0 Å². The van der Waals surface area contributed by atoms with E-state index in [4.69, 9.17) is 20.3 Å². The Morgan fingerprint density at radius 3 is 2.28 bits per heavy atom. The minimum absolute atomic E-state index is 0.231. The molecule has 1 rings (SSSR count). The van der Waals surface area contributed by atoms with Crippen molar-refractivity contribution >= 4 is 5.97 Å². The first-order valence-corrected chi connectivity index (χ1v) is 5.55. The van der Waals surface area contributed by atoms with Crippen molar-refractivity contribution in [1.82, 2.24) is 0 Å². The molecule has 18 heavy (non-hydrogen) atoms. The van der Waals surface area contributed by atoms with Crippen LogP contribution < -0.4 is 15.2 Å². The SMILES string of the molecule is COc1cc(C)c(C[C@](C)(N)C(=O)O)cc1OC. The fourth-order valence-electron chi connectivity index (χ4n) is 1.68. The third-order valence-electron chi connectivity index (χ3n) is 2.89. The van der Waals surface area contributed by atoms with Gasteiger partial charge < -0.3 is 20.3 Å². The maximum Gasteiger partial charge on any atom is 0.323 e. The first kappa shape index (κ1) is 14.3. The van der Waals surface area contributed by atoms with Crippen molar-refractivity contribution in [3.05, 3.63) is 23.3 Å². The molecule has 0 aliphatic carbocycles. The second kappa shape index (κ2) is 5.27. The maximum absolute atomic E-state index is 11.0. The smallest absolute Gasteiger partial charge is 0.323 e. The third kappa shape index (κ3) is 2.92. The molecular weight excluding hydrogens is 234 g/mol. The highest BCUT2D eigenvalue weighted by atomic mass is 16.5. The molecule has 5 nitrogen and oxygen atoms in total. The number of carboxylic acids is 1.